The molecule has 1 aliphatic heterocycles. The van der Waals surface area contributed by atoms with E-state index in [0.717, 1.165) is 26.2 Å². The van der Waals surface area contributed by atoms with Gasteiger partial charge in [-0.1, -0.05) is 18.2 Å². The summed E-state index contributed by atoms with van der Waals surface area (Å²) >= 11 is 0. The molecule has 1 amide bonds. The van der Waals surface area contributed by atoms with Crippen molar-refractivity contribution in [2.24, 2.45) is 0 Å². The van der Waals surface area contributed by atoms with E-state index in [1.165, 1.54) is 0 Å². The lowest BCUT2D eigenvalue weighted by atomic mass is 10.2. The Hall–Kier alpha value is -1.39. The summed E-state index contributed by atoms with van der Waals surface area (Å²) in [5, 5.41) is 1.98. The van der Waals surface area contributed by atoms with Gasteiger partial charge in [0.05, 0.1) is 0 Å². The highest BCUT2D eigenvalue weighted by molar-refractivity contribution is 5.93. The number of carbonyl (C=O) groups excluding carboxylic acids is 1. The monoisotopic (exact) mass is 219 g/mol. The maximum absolute atomic E-state index is 11.8. The Morgan fingerprint density at radius 3 is 2.38 bits per heavy atom. The lowest BCUT2D eigenvalue weighted by Crippen LogP contribution is -2.52. The largest absolute Gasteiger partial charge is 0.304 e. The molecule has 0 aliphatic carbocycles. The van der Waals surface area contributed by atoms with E-state index in [1.807, 2.05) is 35.3 Å². The molecule has 16 heavy (non-hydrogen) atoms. The number of hydrazine groups is 1. The third-order valence-electron chi connectivity index (χ3n) is 2.80. The number of benzene rings is 1. The number of hydrogen-bond acceptors (Lipinski definition) is 3. The van der Waals surface area contributed by atoms with Gasteiger partial charge in [-0.15, -0.1) is 0 Å². The molecule has 2 rings (SSSR count). The van der Waals surface area contributed by atoms with Crippen LogP contribution < -0.4 is 5.43 Å². The smallest absolute Gasteiger partial charge is 0.265 e. The molecule has 0 aromatic heterocycles. The molecule has 1 saturated heterocycles. The zero-order valence-electron chi connectivity index (χ0n) is 9.52. The first-order chi connectivity index (χ1) is 7.75. The van der Waals surface area contributed by atoms with E-state index in [9.17, 15) is 4.79 Å². The lowest BCUT2D eigenvalue weighted by Gasteiger charge is -2.32. The molecule has 1 aliphatic rings. The van der Waals surface area contributed by atoms with Crippen LogP contribution in [0.1, 0.15) is 10.4 Å². The van der Waals surface area contributed by atoms with Gasteiger partial charge in [0.1, 0.15) is 0 Å². The van der Waals surface area contributed by atoms with Crippen molar-refractivity contribution < 1.29 is 4.79 Å². The van der Waals surface area contributed by atoms with E-state index in [4.69, 9.17) is 0 Å². The van der Waals surface area contributed by atoms with Gasteiger partial charge >= 0.3 is 0 Å². The van der Waals surface area contributed by atoms with E-state index in [-0.39, 0.29) is 5.91 Å². The Labute approximate surface area is 95.8 Å². The van der Waals surface area contributed by atoms with Crippen LogP contribution in [-0.2, 0) is 0 Å². The van der Waals surface area contributed by atoms with E-state index in [1.54, 1.807) is 0 Å². The fourth-order valence-electron chi connectivity index (χ4n) is 1.72. The van der Waals surface area contributed by atoms with Crippen molar-refractivity contribution in [3.63, 3.8) is 0 Å². The second-order valence-electron chi connectivity index (χ2n) is 4.10. The third kappa shape index (κ3) is 2.81. The molecule has 0 spiro atoms. The van der Waals surface area contributed by atoms with Gasteiger partial charge in [-0.05, 0) is 19.2 Å². The number of carbonyl (C=O) groups is 1. The molecule has 4 nitrogen and oxygen atoms in total. The maximum Gasteiger partial charge on any atom is 0.265 e. The van der Waals surface area contributed by atoms with E-state index in [0.29, 0.717) is 5.56 Å². The van der Waals surface area contributed by atoms with Crippen LogP contribution in [0.5, 0.6) is 0 Å². The van der Waals surface area contributed by atoms with Crippen LogP contribution in [0, 0.1) is 0 Å². The van der Waals surface area contributed by atoms with Crippen molar-refractivity contribution in [1.29, 1.82) is 0 Å². The van der Waals surface area contributed by atoms with Crippen LogP contribution in [0.3, 0.4) is 0 Å². The molecule has 0 saturated carbocycles. The fraction of sp³-hybridized carbons (Fsp3) is 0.417. The number of amides is 1. The highest BCUT2D eigenvalue weighted by atomic mass is 16.2. The first kappa shape index (κ1) is 11.1. The summed E-state index contributed by atoms with van der Waals surface area (Å²) in [5.41, 5.74) is 3.63. The molecule has 1 heterocycles. The van der Waals surface area contributed by atoms with Crippen molar-refractivity contribution in [3.8, 4) is 0 Å². The third-order valence-corrected chi connectivity index (χ3v) is 2.80. The molecule has 4 heteroatoms. The first-order valence-corrected chi connectivity index (χ1v) is 5.55. The molecule has 0 unspecified atom stereocenters. The van der Waals surface area contributed by atoms with Crippen molar-refractivity contribution in [1.82, 2.24) is 15.3 Å². The second-order valence-corrected chi connectivity index (χ2v) is 4.10. The molecule has 1 aromatic carbocycles. The molecule has 1 N–H and O–H groups in total. The minimum absolute atomic E-state index is 0.0230. The highest BCUT2D eigenvalue weighted by Gasteiger charge is 2.15. The predicted octanol–water partition coefficient (Wildman–Crippen LogP) is 0.579. The van der Waals surface area contributed by atoms with Gasteiger partial charge in [0, 0.05) is 31.7 Å². The van der Waals surface area contributed by atoms with E-state index < -0.39 is 0 Å². The summed E-state index contributed by atoms with van der Waals surface area (Å²) in [5.74, 6) is -0.0230. The normalized spacial score (nSPS) is 18.3. The van der Waals surface area contributed by atoms with E-state index >= 15 is 0 Å². The molecule has 1 fully saturated rings. The molecule has 0 bridgehead atoms. The predicted molar refractivity (Wildman–Crippen MR) is 63.0 cm³/mol. The SMILES string of the molecule is CN1CCN(NC(=O)c2ccccc2)CC1. The number of nitrogens with zero attached hydrogens (tertiary/aromatic N) is 2. The maximum atomic E-state index is 11.8. The number of nitrogens with one attached hydrogen (secondary N) is 1. The van der Waals surface area contributed by atoms with Crippen molar-refractivity contribution in [2.45, 2.75) is 0 Å². The standard InChI is InChI=1S/C12H17N3O/c1-14-7-9-15(10-8-14)13-12(16)11-5-3-2-4-6-11/h2-6H,7-10H2,1H3,(H,13,16). The van der Waals surface area contributed by atoms with Crippen LogP contribution >= 0.6 is 0 Å². The Morgan fingerprint density at radius 2 is 1.75 bits per heavy atom. The Balaban J connectivity index is 1.88. The van der Waals surface area contributed by atoms with Crippen LogP contribution in [-0.4, -0.2) is 49.0 Å². The molecule has 0 atom stereocenters. The molecular formula is C12H17N3O. The number of rotatable bonds is 2. The lowest BCUT2D eigenvalue weighted by molar-refractivity contribution is 0.0662. The number of piperazine rings is 1. The highest BCUT2D eigenvalue weighted by Crippen LogP contribution is 2.00. The molecule has 1 aromatic rings. The van der Waals surface area contributed by atoms with Gasteiger partial charge in [-0.25, -0.2) is 5.01 Å². The first-order valence-electron chi connectivity index (χ1n) is 5.55. The van der Waals surface area contributed by atoms with Crippen molar-refractivity contribution >= 4 is 5.91 Å². The summed E-state index contributed by atoms with van der Waals surface area (Å²) in [6.07, 6.45) is 0. The van der Waals surface area contributed by atoms with Gasteiger partial charge in [0.25, 0.3) is 5.91 Å². The summed E-state index contributed by atoms with van der Waals surface area (Å²) in [7, 11) is 2.09. The second kappa shape index (κ2) is 5.09. The molecular weight excluding hydrogens is 202 g/mol. The zero-order chi connectivity index (χ0) is 11.4. The molecule has 86 valence electrons. The van der Waals surface area contributed by atoms with Crippen LogP contribution in [0.4, 0.5) is 0 Å². The van der Waals surface area contributed by atoms with Crippen LogP contribution in [0.15, 0.2) is 30.3 Å². The average Bonchev–Trinajstić information content (AvgIpc) is 2.33. The Bertz CT molecular complexity index is 345. The zero-order valence-corrected chi connectivity index (χ0v) is 9.52. The average molecular weight is 219 g/mol. The Kier molecular flexibility index (Phi) is 3.54. The molecule has 0 radical (unpaired) electrons. The number of hydrogen-bond donors (Lipinski definition) is 1. The number of likely N-dealkylation sites (N-methyl/N-ethyl adjacent to an activating group) is 1. The van der Waals surface area contributed by atoms with Gasteiger partial charge in [-0.2, -0.15) is 0 Å². The quantitative estimate of drug-likeness (QED) is 0.790. The fourth-order valence-corrected chi connectivity index (χ4v) is 1.72. The minimum atomic E-state index is -0.0230. The summed E-state index contributed by atoms with van der Waals surface area (Å²) in [4.78, 5) is 14.1. The summed E-state index contributed by atoms with van der Waals surface area (Å²) < 4.78 is 0. The van der Waals surface area contributed by atoms with E-state index in [2.05, 4.69) is 17.4 Å². The van der Waals surface area contributed by atoms with Gasteiger partial charge in [-0.3, -0.25) is 10.2 Å². The van der Waals surface area contributed by atoms with Gasteiger partial charge in [0.2, 0.25) is 0 Å². The van der Waals surface area contributed by atoms with Gasteiger partial charge in [0.15, 0.2) is 0 Å². The minimum Gasteiger partial charge on any atom is -0.304 e. The van der Waals surface area contributed by atoms with Crippen molar-refractivity contribution in [2.75, 3.05) is 33.2 Å². The van der Waals surface area contributed by atoms with Crippen molar-refractivity contribution in [3.05, 3.63) is 35.9 Å². The summed E-state index contributed by atoms with van der Waals surface area (Å²) in [6.45, 7) is 3.76. The van der Waals surface area contributed by atoms with Crippen LogP contribution in [0.25, 0.3) is 0 Å². The topological polar surface area (TPSA) is 35.6 Å². The van der Waals surface area contributed by atoms with Crippen LogP contribution in [0.2, 0.25) is 0 Å². The Morgan fingerprint density at radius 1 is 1.12 bits per heavy atom. The van der Waals surface area contributed by atoms with Gasteiger partial charge < -0.3 is 4.90 Å². The summed E-state index contributed by atoms with van der Waals surface area (Å²) in [6, 6.07) is 9.31.